The summed E-state index contributed by atoms with van der Waals surface area (Å²) in [5, 5.41) is 0. The number of nitrogens with two attached hydrogens (primary N) is 1. The SMILES string of the molecule is CC(C)C[C@H](N)C(=O)OC1COCCO1.[H-].[Na+]. The van der Waals surface area contributed by atoms with E-state index in [1.807, 2.05) is 13.8 Å². The van der Waals surface area contributed by atoms with E-state index >= 15 is 0 Å². The number of hydrogen-bond donors (Lipinski definition) is 1. The smallest absolute Gasteiger partial charge is 1.00 e. The predicted octanol–water partition coefficient (Wildman–Crippen LogP) is -2.61. The normalized spacial score (nSPS) is 22.4. The quantitative estimate of drug-likeness (QED) is 0.431. The first-order valence-electron chi connectivity index (χ1n) is 5.25. The minimum atomic E-state index is -0.593. The van der Waals surface area contributed by atoms with Gasteiger partial charge in [0.2, 0.25) is 6.29 Å². The van der Waals surface area contributed by atoms with Gasteiger partial charge in [-0.1, -0.05) is 13.8 Å². The Kier molecular flexibility index (Phi) is 8.63. The molecule has 1 rings (SSSR count). The summed E-state index contributed by atoms with van der Waals surface area (Å²) < 4.78 is 15.3. The Morgan fingerprint density at radius 3 is 2.75 bits per heavy atom. The second kappa shape index (κ2) is 8.44. The number of hydrogen-bond acceptors (Lipinski definition) is 5. The zero-order chi connectivity index (χ0) is 11.3. The zero-order valence-electron chi connectivity index (χ0n) is 11.3. The van der Waals surface area contributed by atoms with Gasteiger partial charge in [0.05, 0.1) is 13.2 Å². The van der Waals surface area contributed by atoms with Crippen molar-refractivity contribution in [2.24, 2.45) is 11.7 Å². The van der Waals surface area contributed by atoms with E-state index in [9.17, 15) is 4.79 Å². The molecule has 1 aliphatic heterocycles. The summed E-state index contributed by atoms with van der Waals surface area (Å²) in [7, 11) is 0. The van der Waals surface area contributed by atoms with Crippen LogP contribution in [0.2, 0.25) is 0 Å². The molecular formula is C10H20NNaO4. The number of carbonyl (C=O) groups is 1. The zero-order valence-corrected chi connectivity index (χ0v) is 12.3. The monoisotopic (exact) mass is 241 g/mol. The molecule has 1 aliphatic rings. The number of esters is 1. The van der Waals surface area contributed by atoms with Crippen LogP contribution in [0.25, 0.3) is 0 Å². The standard InChI is InChI=1S/C10H19NO4.Na.H/c1-7(2)5-8(11)10(12)15-9-6-13-3-4-14-9;;/h7-9H,3-6,11H2,1-2H3;;/q;+1;-1/t8-,9?;;/m0../s1. The van der Waals surface area contributed by atoms with E-state index in [1.54, 1.807) is 0 Å². The van der Waals surface area contributed by atoms with Crippen LogP contribution in [0, 0.1) is 5.92 Å². The first-order chi connectivity index (χ1) is 7.09. The van der Waals surface area contributed by atoms with Gasteiger partial charge in [-0.2, -0.15) is 0 Å². The minimum absolute atomic E-state index is 0. The van der Waals surface area contributed by atoms with Gasteiger partial charge in [0.1, 0.15) is 12.6 Å². The minimum Gasteiger partial charge on any atom is -1.00 e. The molecule has 0 saturated carbocycles. The Labute approximate surface area is 120 Å². The van der Waals surface area contributed by atoms with Crippen LogP contribution in [0.5, 0.6) is 0 Å². The van der Waals surface area contributed by atoms with Crippen molar-refractivity contribution in [2.45, 2.75) is 32.6 Å². The molecule has 1 saturated heterocycles. The molecule has 0 aromatic rings. The van der Waals surface area contributed by atoms with Crippen molar-refractivity contribution in [1.82, 2.24) is 0 Å². The first-order valence-corrected chi connectivity index (χ1v) is 5.25. The molecule has 6 heteroatoms. The largest absolute Gasteiger partial charge is 1.00 e. The Bertz CT molecular complexity index is 212. The fourth-order valence-electron chi connectivity index (χ4n) is 1.36. The van der Waals surface area contributed by atoms with Crippen molar-refractivity contribution in [3.05, 3.63) is 0 Å². The fraction of sp³-hybridized carbons (Fsp3) is 0.900. The molecule has 1 fully saturated rings. The average molecular weight is 241 g/mol. The van der Waals surface area contributed by atoms with Crippen molar-refractivity contribution in [2.75, 3.05) is 19.8 Å². The van der Waals surface area contributed by atoms with E-state index in [-0.39, 0.29) is 31.0 Å². The topological polar surface area (TPSA) is 70.8 Å². The molecular weight excluding hydrogens is 221 g/mol. The van der Waals surface area contributed by atoms with Crippen molar-refractivity contribution < 1.29 is 50.0 Å². The van der Waals surface area contributed by atoms with Gasteiger partial charge in [-0.05, 0) is 12.3 Å². The van der Waals surface area contributed by atoms with Crippen LogP contribution in [0.15, 0.2) is 0 Å². The summed E-state index contributed by atoms with van der Waals surface area (Å²) >= 11 is 0. The second-order valence-corrected chi connectivity index (χ2v) is 4.05. The van der Waals surface area contributed by atoms with Gasteiger partial charge in [-0.25, -0.2) is 0 Å². The summed E-state index contributed by atoms with van der Waals surface area (Å²) in [5.41, 5.74) is 5.66. The molecule has 0 amide bonds. The molecule has 90 valence electrons. The average Bonchev–Trinajstić information content (AvgIpc) is 2.18. The molecule has 0 spiro atoms. The van der Waals surface area contributed by atoms with Crippen molar-refractivity contribution in [1.29, 1.82) is 0 Å². The maximum Gasteiger partial charge on any atom is 1.00 e. The van der Waals surface area contributed by atoms with E-state index < -0.39 is 18.3 Å². The molecule has 0 aliphatic carbocycles. The maximum absolute atomic E-state index is 11.5. The van der Waals surface area contributed by atoms with E-state index in [0.29, 0.717) is 32.2 Å². The van der Waals surface area contributed by atoms with Crippen molar-refractivity contribution in [3.63, 3.8) is 0 Å². The van der Waals surface area contributed by atoms with Crippen LogP contribution in [0.3, 0.4) is 0 Å². The Balaban J connectivity index is 0. The van der Waals surface area contributed by atoms with Crippen LogP contribution in [0.1, 0.15) is 21.7 Å². The van der Waals surface area contributed by atoms with Gasteiger partial charge >= 0.3 is 35.5 Å². The van der Waals surface area contributed by atoms with Crippen molar-refractivity contribution >= 4 is 5.97 Å². The summed E-state index contributed by atoms with van der Waals surface area (Å²) in [6, 6.07) is -0.574. The van der Waals surface area contributed by atoms with E-state index in [0.717, 1.165) is 0 Å². The summed E-state index contributed by atoms with van der Waals surface area (Å²) in [4.78, 5) is 11.5. The fourth-order valence-corrected chi connectivity index (χ4v) is 1.36. The number of carbonyl (C=O) groups excluding carboxylic acids is 1. The third-order valence-corrected chi connectivity index (χ3v) is 2.06. The Hall–Kier alpha value is 0.350. The van der Waals surface area contributed by atoms with Crippen LogP contribution < -0.4 is 35.3 Å². The molecule has 16 heavy (non-hydrogen) atoms. The van der Waals surface area contributed by atoms with E-state index in [1.165, 1.54) is 0 Å². The third-order valence-electron chi connectivity index (χ3n) is 2.06. The molecule has 1 heterocycles. The molecule has 0 aromatic carbocycles. The van der Waals surface area contributed by atoms with Crippen LogP contribution >= 0.6 is 0 Å². The molecule has 5 nitrogen and oxygen atoms in total. The molecule has 0 aromatic heterocycles. The molecule has 0 bridgehead atoms. The van der Waals surface area contributed by atoms with Gasteiger partial charge < -0.3 is 21.4 Å². The van der Waals surface area contributed by atoms with Gasteiger partial charge in [-0.15, -0.1) is 0 Å². The van der Waals surface area contributed by atoms with E-state index in [2.05, 4.69) is 0 Å². The molecule has 2 N–H and O–H groups in total. The van der Waals surface area contributed by atoms with Crippen LogP contribution in [0.4, 0.5) is 0 Å². The molecule has 2 atom stereocenters. The summed E-state index contributed by atoms with van der Waals surface area (Å²) in [6.45, 7) is 5.31. The van der Waals surface area contributed by atoms with Gasteiger partial charge in [0.25, 0.3) is 0 Å². The second-order valence-electron chi connectivity index (χ2n) is 4.05. The summed E-state index contributed by atoms with van der Waals surface area (Å²) in [5.74, 6) is -0.0460. The van der Waals surface area contributed by atoms with Crippen molar-refractivity contribution in [3.8, 4) is 0 Å². The van der Waals surface area contributed by atoms with Crippen LogP contribution in [-0.4, -0.2) is 38.1 Å². The maximum atomic E-state index is 11.5. The third kappa shape index (κ3) is 6.18. The van der Waals surface area contributed by atoms with Gasteiger partial charge in [-0.3, -0.25) is 4.79 Å². The molecule has 0 radical (unpaired) electrons. The Morgan fingerprint density at radius 1 is 1.56 bits per heavy atom. The number of ether oxygens (including phenoxy) is 3. The predicted molar refractivity (Wildman–Crippen MR) is 55.2 cm³/mol. The first kappa shape index (κ1) is 16.4. The summed E-state index contributed by atoms with van der Waals surface area (Å²) in [6.07, 6.45) is 0.0244. The number of rotatable bonds is 4. The van der Waals surface area contributed by atoms with Crippen LogP contribution in [-0.2, 0) is 19.0 Å². The van der Waals surface area contributed by atoms with Gasteiger partial charge in [0, 0.05) is 0 Å². The van der Waals surface area contributed by atoms with Gasteiger partial charge in [0.15, 0.2) is 0 Å². The Morgan fingerprint density at radius 2 is 2.25 bits per heavy atom. The van der Waals surface area contributed by atoms with E-state index in [4.69, 9.17) is 19.9 Å². The molecule has 1 unspecified atom stereocenters.